The van der Waals surface area contributed by atoms with Gasteiger partial charge in [0.2, 0.25) is 6.79 Å². The summed E-state index contributed by atoms with van der Waals surface area (Å²) in [5.41, 5.74) is 0.619. The zero-order chi connectivity index (χ0) is 13.1. The minimum atomic E-state index is -0.0520. The Labute approximate surface area is 124 Å². The summed E-state index contributed by atoms with van der Waals surface area (Å²) in [6.45, 7) is 3.03. The van der Waals surface area contributed by atoms with Gasteiger partial charge in [-0.1, -0.05) is 0 Å². The van der Waals surface area contributed by atoms with Crippen molar-refractivity contribution in [2.75, 3.05) is 26.4 Å². The van der Waals surface area contributed by atoms with Gasteiger partial charge in [0.25, 0.3) is 5.91 Å². The lowest BCUT2D eigenvalue weighted by atomic mass is 9.99. The van der Waals surface area contributed by atoms with Crippen molar-refractivity contribution in [2.45, 2.75) is 12.8 Å². The minimum absolute atomic E-state index is 0. The average molecular weight is 299 g/mol. The van der Waals surface area contributed by atoms with Gasteiger partial charge in [0.1, 0.15) is 0 Å². The normalized spacial score (nSPS) is 20.1. The average Bonchev–Trinajstić information content (AvgIpc) is 2.93. The number of amides is 1. The van der Waals surface area contributed by atoms with E-state index in [-0.39, 0.29) is 25.1 Å². The number of benzene rings is 1. The lowest BCUT2D eigenvalue weighted by Gasteiger charge is -2.22. The lowest BCUT2D eigenvalue weighted by molar-refractivity contribution is 0.0944. The molecule has 1 aromatic carbocycles. The van der Waals surface area contributed by atoms with Crippen molar-refractivity contribution in [3.8, 4) is 11.5 Å². The van der Waals surface area contributed by atoms with Crippen molar-refractivity contribution in [2.24, 2.45) is 5.92 Å². The van der Waals surface area contributed by atoms with E-state index < -0.39 is 0 Å². The first-order valence-corrected chi connectivity index (χ1v) is 6.71. The van der Waals surface area contributed by atoms with E-state index >= 15 is 0 Å². The van der Waals surface area contributed by atoms with Gasteiger partial charge in [-0.15, -0.1) is 12.4 Å². The highest BCUT2D eigenvalue weighted by molar-refractivity contribution is 5.94. The SMILES string of the molecule is Cl.O=C(NCC1CCCNC1)c1ccc2c(c1)OCO2. The minimum Gasteiger partial charge on any atom is -0.454 e. The second-order valence-electron chi connectivity index (χ2n) is 4.99. The molecule has 20 heavy (non-hydrogen) atoms. The Kier molecular flexibility index (Phi) is 5.09. The van der Waals surface area contributed by atoms with Gasteiger partial charge in [-0.05, 0) is 50.0 Å². The number of halogens is 1. The first kappa shape index (κ1) is 14.9. The molecule has 2 N–H and O–H groups in total. The van der Waals surface area contributed by atoms with Gasteiger partial charge in [-0.25, -0.2) is 0 Å². The van der Waals surface area contributed by atoms with Gasteiger partial charge in [-0.3, -0.25) is 4.79 Å². The van der Waals surface area contributed by atoms with Crippen molar-refractivity contribution in [1.82, 2.24) is 10.6 Å². The van der Waals surface area contributed by atoms with Crippen LogP contribution in [0.5, 0.6) is 11.5 Å². The Morgan fingerprint density at radius 1 is 1.35 bits per heavy atom. The first-order valence-electron chi connectivity index (χ1n) is 6.71. The molecule has 110 valence electrons. The highest BCUT2D eigenvalue weighted by atomic mass is 35.5. The van der Waals surface area contributed by atoms with E-state index in [2.05, 4.69) is 10.6 Å². The summed E-state index contributed by atoms with van der Waals surface area (Å²) >= 11 is 0. The van der Waals surface area contributed by atoms with Crippen molar-refractivity contribution in [3.63, 3.8) is 0 Å². The van der Waals surface area contributed by atoms with Crippen LogP contribution >= 0.6 is 12.4 Å². The molecule has 2 heterocycles. The van der Waals surface area contributed by atoms with E-state index in [1.165, 1.54) is 12.8 Å². The third-order valence-electron chi connectivity index (χ3n) is 3.58. The van der Waals surface area contributed by atoms with Crippen LogP contribution in [0.2, 0.25) is 0 Å². The number of nitrogens with one attached hydrogen (secondary N) is 2. The Morgan fingerprint density at radius 3 is 3.00 bits per heavy atom. The van der Waals surface area contributed by atoms with Crippen LogP contribution < -0.4 is 20.1 Å². The molecule has 0 radical (unpaired) electrons. The molecule has 0 spiro atoms. The molecule has 2 aliphatic heterocycles. The molecule has 1 fully saturated rings. The number of fused-ring (bicyclic) bond motifs is 1. The predicted molar refractivity (Wildman–Crippen MR) is 77.7 cm³/mol. The van der Waals surface area contributed by atoms with Gasteiger partial charge in [0, 0.05) is 12.1 Å². The molecule has 1 aromatic rings. The number of hydrogen-bond donors (Lipinski definition) is 2. The Hall–Kier alpha value is -1.46. The van der Waals surface area contributed by atoms with Crippen LogP contribution in [0.3, 0.4) is 0 Å². The molecule has 0 saturated carbocycles. The van der Waals surface area contributed by atoms with Crippen LogP contribution in [-0.2, 0) is 0 Å². The van der Waals surface area contributed by atoms with Gasteiger partial charge < -0.3 is 20.1 Å². The summed E-state index contributed by atoms with van der Waals surface area (Å²) < 4.78 is 10.5. The number of rotatable bonds is 3. The highest BCUT2D eigenvalue weighted by Gasteiger charge is 2.18. The number of carbonyl (C=O) groups is 1. The Balaban J connectivity index is 0.00000147. The first-order chi connectivity index (χ1) is 9.33. The molecule has 1 atom stereocenters. The van der Waals surface area contributed by atoms with Crippen LogP contribution in [0.25, 0.3) is 0 Å². The molecule has 0 aromatic heterocycles. The summed E-state index contributed by atoms with van der Waals surface area (Å²) in [5.74, 6) is 1.83. The van der Waals surface area contributed by atoms with Crippen molar-refractivity contribution < 1.29 is 14.3 Å². The summed E-state index contributed by atoms with van der Waals surface area (Å²) in [4.78, 5) is 12.1. The van der Waals surface area contributed by atoms with E-state index in [9.17, 15) is 4.79 Å². The zero-order valence-corrected chi connectivity index (χ0v) is 12.0. The lowest BCUT2D eigenvalue weighted by Crippen LogP contribution is -2.38. The molecule has 1 amide bonds. The fraction of sp³-hybridized carbons (Fsp3) is 0.500. The predicted octanol–water partition coefficient (Wildman–Crippen LogP) is 1.57. The maximum atomic E-state index is 12.1. The number of hydrogen-bond acceptors (Lipinski definition) is 4. The number of carbonyl (C=O) groups excluding carboxylic acids is 1. The van der Waals surface area contributed by atoms with E-state index in [4.69, 9.17) is 9.47 Å². The second kappa shape index (κ2) is 6.81. The Bertz CT molecular complexity index is 475. The third kappa shape index (κ3) is 3.35. The van der Waals surface area contributed by atoms with Crippen molar-refractivity contribution in [1.29, 1.82) is 0 Å². The fourth-order valence-electron chi connectivity index (χ4n) is 2.48. The standard InChI is InChI=1S/C14H18N2O3.ClH/c17-14(16-8-10-2-1-5-15-7-10)11-3-4-12-13(6-11)19-9-18-12;/h3-4,6,10,15H,1-2,5,7-9H2,(H,16,17);1H. The van der Waals surface area contributed by atoms with Gasteiger partial charge >= 0.3 is 0 Å². The number of ether oxygens (including phenoxy) is 2. The molecule has 1 saturated heterocycles. The van der Waals surface area contributed by atoms with Crippen LogP contribution in [0.1, 0.15) is 23.2 Å². The van der Waals surface area contributed by atoms with Gasteiger partial charge in [0.05, 0.1) is 0 Å². The van der Waals surface area contributed by atoms with E-state index in [0.29, 0.717) is 23.0 Å². The molecule has 2 aliphatic rings. The van der Waals surface area contributed by atoms with Crippen LogP contribution in [-0.4, -0.2) is 32.3 Å². The van der Waals surface area contributed by atoms with Crippen LogP contribution in [0.4, 0.5) is 0 Å². The van der Waals surface area contributed by atoms with Crippen molar-refractivity contribution >= 4 is 18.3 Å². The largest absolute Gasteiger partial charge is 0.454 e. The van der Waals surface area contributed by atoms with Gasteiger partial charge in [-0.2, -0.15) is 0 Å². The second-order valence-corrected chi connectivity index (χ2v) is 4.99. The Morgan fingerprint density at radius 2 is 2.20 bits per heavy atom. The quantitative estimate of drug-likeness (QED) is 0.889. The fourth-order valence-corrected chi connectivity index (χ4v) is 2.48. The molecule has 5 nitrogen and oxygen atoms in total. The van der Waals surface area contributed by atoms with Crippen molar-refractivity contribution in [3.05, 3.63) is 23.8 Å². The number of piperidine rings is 1. The summed E-state index contributed by atoms with van der Waals surface area (Å²) in [5, 5.41) is 6.33. The molecule has 6 heteroatoms. The molecular formula is C14H19ClN2O3. The molecule has 1 unspecified atom stereocenters. The molecular weight excluding hydrogens is 280 g/mol. The van der Waals surface area contributed by atoms with E-state index in [1.807, 2.05) is 0 Å². The van der Waals surface area contributed by atoms with E-state index in [0.717, 1.165) is 19.6 Å². The monoisotopic (exact) mass is 298 g/mol. The third-order valence-corrected chi connectivity index (χ3v) is 3.58. The zero-order valence-electron chi connectivity index (χ0n) is 11.2. The van der Waals surface area contributed by atoms with Crippen LogP contribution in [0, 0.1) is 5.92 Å². The summed E-state index contributed by atoms with van der Waals surface area (Å²) in [6.07, 6.45) is 2.36. The molecule has 3 rings (SSSR count). The smallest absolute Gasteiger partial charge is 0.251 e. The molecule has 0 bridgehead atoms. The highest BCUT2D eigenvalue weighted by Crippen LogP contribution is 2.32. The maximum Gasteiger partial charge on any atom is 0.251 e. The molecule has 0 aliphatic carbocycles. The maximum absolute atomic E-state index is 12.1. The summed E-state index contributed by atoms with van der Waals surface area (Å²) in [6, 6.07) is 5.28. The van der Waals surface area contributed by atoms with Gasteiger partial charge in [0.15, 0.2) is 11.5 Å². The van der Waals surface area contributed by atoms with Crippen LogP contribution in [0.15, 0.2) is 18.2 Å². The topological polar surface area (TPSA) is 59.6 Å². The van der Waals surface area contributed by atoms with E-state index in [1.54, 1.807) is 18.2 Å². The summed E-state index contributed by atoms with van der Waals surface area (Å²) in [7, 11) is 0.